The summed E-state index contributed by atoms with van der Waals surface area (Å²) in [7, 11) is 0. The number of rotatable bonds is 7. The van der Waals surface area contributed by atoms with Crippen molar-refractivity contribution in [2.24, 2.45) is 0 Å². The highest BCUT2D eigenvalue weighted by atomic mass is 16.1. The third kappa shape index (κ3) is 5.13. The molecule has 0 saturated heterocycles. The van der Waals surface area contributed by atoms with Gasteiger partial charge in [-0.05, 0) is 75.2 Å². The van der Waals surface area contributed by atoms with Crippen molar-refractivity contribution in [3.8, 4) is 0 Å². The second kappa shape index (κ2) is 9.24. The third-order valence-corrected chi connectivity index (χ3v) is 4.89. The Morgan fingerprint density at radius 3 is 2.45 bits per heavy atom. The first-order valence-corrected chi connectivity index (χ1v) is 9.95. The number of aromatic nitrogens is 1. The second-order valence-corrected chi connectivity index (χ2v) is 7.08. The second-order valence-electron chi connectivity index (χ2n) is 7.08. The van der Waals surface area contributed by atoms with Crippen LogP contribution in [0.25, 0.3) is 0 Å². The summed E-state index contributed by atoms with van der Waals surface area (Å²) < 4.78 is 0. The zero-order chi connectivity index (χ0) is 20.8. The van der Waals surface area contributed by atoms with Gasteiger partial charge in [0, 0.05) is 36.3 Å². The van der Waals surface area contributed by atoms with Gasteiger partial charge in [-0.2, -0.15) is 0 Å². The van der Waals surface area contributed by atoms with Crippen LogP contribution in [0.4, 0.5) is 22.7 Å². The molecule has 2 aromatic carbocycles. The molecule has 0 atom stereocenters. The minimum absolute atomic E-state index is 0.180. The number of benzene rings is 2. The van der Waals surface area contributed by atoms with E-state index in [9.17, 15) is 4.79 Å². The maximum absolute atomic E-state index is 12.6. The van der Waals surface area contributed by atoms with Crippen molar-refractivity contribution >= 4 is 28.7 Å². The Bertz CT molecular complexity index is 996. The van der Waals surface area contributed by atoms with E-state index in [1.165, 1.54) is 5.69 Å². The van der Waals surface area contributed by atoms with Gasteiger partial charge in [0.05, 0.1) is 17.4 Å². The number of carbonyl (C=O) groups excluding carboxylic acids is 1. The summed E-state index contributed by atoms with van der Waals surface area (Å²) in [5.41, 5.74) is 6.51. The van der Waals surface area contributed by atoms with Crippen molar-refractivity contribution in [3.05, 3.63) is 77.6 Å². The highest BCUT2D eigenvalue weighted by molar-refractivity contribution is 6.04. The molecule has 150 valence electrons. The summed E-state index contributed by atoms with van der Waals surface area (Å²) in [4.78, 5) is 19.1. The molecule has 0 unspecified atom stereocenters. The topological polar surface area (TPSA) is 57.3 Å². The van der Waals surface area contributed by atoms with Gasteiger partial charge in [0.25, 0.3) is 5.91 Å². The molecule has 0 aliphatic rings. The molecule has 1 amide bonds. The zero-order valence-corrected chi connectivity index (χ0v) is 17.5. The van der Waals surface area contributed by atoms with Crippen LogP contribution < -0.4 is 15.5 Å². The summed E-state index contributed by atoms with van der Waals surface area (Å²) in [5, 5.41) is 6.30. The standard InChI is InChI=1S/C24H28N4O/c1-5-28(6-2)22-10-11-23(18(4)13-22)26-21-14-19(15-25-16-21)24(29)27-20-9-7-8-17(3)12-20/h7-16,26H,5-6H2,1-4H3,(H,27,29). The molecule has 5 nitrogen and oxygen atoms in total. The molecule has 0 saturated carbocycles. The van der Waals surface area contributed by atoms with Crippen LogP contribution in [-0.4, -0.2) is 24.0 Å². The van der Waals surface area contributed by atoms with Gasteiger partial charge in [0.2, 0.25) is 0 Å². The number of aryl methyl sites for hydroxylation is 2. The first-order valence-electron chi connectivity index (χ1n) is 9.95. The smallest absolute Gasteiger partial charge is 0.257 e. The van der Waals surface area contributed by atoms with E-state index in [1.54, 1.807) is 12.4 Å². The number of pyridine rings is 1. The first kappa shape index (κ1) is 20.4. The molecule has 3 rings (SSSR count). The lowest BCUT2D eigenvalue weighted by Gasteiger charge is -2.22. The van der Waals surface area contributed by atoms with E-state index >= 15 is 0 Å². The van der Waals surface area contributed by atoms with Crippen LogP contribution >= 0.6 is 0 Å². The molecule has 1 aromatic heterocycles. The number of carbonyl (C=O) groups is 1. The fourth-order valence-electron chi connectivity index (χ4n) is 3.29. The lowest BCUT2D eigenvalue weighted by molar-refractivity contribution is 0.102. The van der Waals surface area contributed by atoms with E-state index in [-0.39, 0.29) is 5.91 Å². The largest absolute Gasteiger partial charge is 0.372 e. The fraction of sp³-hybridized carbons (Fsp3) is 0.250. The summed E-state index contributed by atoms with van der Waals surface area (Å²) in [6.45, 7) is 10.3. The maximum Gasteiger partial charge on any atom is 0.257 e. The highest BCUT2D eigenvalue weighted by Crippen LogP contribution is 2.26. The Morgan fingerprint density at radius 1 is 0.966 bits per heavy atom. The van der Waals surface area contributed by atoms with Crippen molar-refractivity contribution in [3.63, 3.8) is 0 Å². The van der Waals surface area contributed by atoms with Crippen LogP contribution in [0.5, 0.6) is 0 Å². The Hall–Kier alpha value is -3.34. The molecular formula is C24H28N4O. The van der Waals surface area contributed by atoms with Crippen molar-refractivity contribution in [2.75, 3.05) is 28.6 Å². The number of nitrogens with zero attached hydrogens (tertiary/aromatic N) is 2. The lowest BCUT2D eigenvalue weighted by atomic mass is 10.1. The molecule has 5 heteroatoms. The average Bonchev–Trinajstić information content (AvgIpc) is 2.71. The molecule has 2 N–H and O–H groups in total. The van der Waals surface area contributed by atoms with E-state index in [0.29, 0.717) is 5.56 Å². The van der Waals surface area contributed by atoms with Gasteiger partial charge >= 0.3 is 0 Å². The first-order chi connectivity index (χ1) is 14.0. The summed E-state index contributed by atoms with van der Waals surface area (Å²) in [6.07, 6.45) is 3.30. The average molecular weight is 389 g/mol. The lowest BCUT2D eigenvalue weighted by Crippen LogP contribution is -2.21. The molecule has 0 bridgehead atoms. The van der Waals surface area contributed by atoms with Crippen molar-refractivity contribution in [1.29, 1.82) is 0 Å². The van der Waals surface area contributed by atoms with Crippen LogP contribution in [0, 0.1) is 13.8 Å². The van der Waals surface area contributed by atoms with E-state index in [2.05, 4.69) is 59.5 Å². The molecule has 3 aromatic rings. The molecule has 0 radical (unpaired) electrons. The maximum atomic E-state index is 12.6. The Labute approximate surface area is 172 Å². The number of anilines is 4. The number of hydrogen-bond acceptors (Lipinski definition) is 4. The molecule has 0 spiro atoms. The third-order valence-electron chi connectivity index (χ3n) is 4.89. The summed E-state index contributed by atoms with van der Waals surface area (Å²) in [5.74, 6) is -0.180. The van der Waals surface area contributed by atoms with Crippen molar-refractivity contribution in [2.45, 2.75) is 27.7 Å². The van der Waals surface area contributed by atoms with Crippen molar-refractivity contribution < 1.29 is 4.79 Å². The van der Waals surface area contributed by atoms with Gasteiger partial charge in [-0.15, -0.1) is 0 Å². The van der Waals surface area contributed by atoms with Gasteiger partial charge in [-0.1, -0.05) is 12.1 Å². The Morgan fingerprint density at radius 2 is 1.76 bits per heavy atom. The molecule has 1 heterocycles. The van der Waals surface area contributed by atoms with E-state index < -0.39 is 0 Å². The van der Waals surface area contributed by atoms with Crippen molar-refractivity contribution in [1.82, 2.24) is 4.98 Å². The van der Waals surface area contributed by atoms with Gasteiger partial charge in [0.1, 0.15) is 0 Å². The van der Waals surface area contributed by atoms with Gasteiger partial charge in [0.15, 0.2) is 0 Å². The highest BCUT2D eigenvalue weighted by Gasteiger charge is 2.10. The molecule has 0 fully saturated rings. The molecule has 0 aliphatic carbocycles. The predicted molar refractivity (Wildman–Crippen MR) is 121 cm³/mol. The minimum Gasteiger partial charge on any atom is -0.372 e. The van der Waals surface area contributed by atoms with Crippen LogP contribution in [0.2, 0.25) is 0 Å². The molecule has 0 aliphatic heterocycles. The van der Waals surface area contributed by atoms with Gasteiger partial charge in [-0.25, -0.2) is 0 Å². The van der Waals surface area contributed by atoms with Gasteiger partial charge < -0.3 is 15.5 Å². The molecule has 29 heavy (non-hydrogen) atoms. The Kier molecular flexibility index (Phi) is 6.50. The number of hydrogen-bond donors (Lipinski definition) is 2. The molecular weight excluding hydrogens is 360 g/mol. The fourth-order valence-corrected chi connectivity index (χ4v) is 3.29. The van der Waals surface area contributed by atoms with E-state index in [4.69, 9.17) is 0 Å². The van der Waals surface area contributed by atoms with Crippen LogP contribution in [-0.2, 0) is 0 Å². The quantitative estimate of drug-likeness (QED) is 0.558. The SMILES string of the molecule is CCN(CC)c1ccc(Nc2cncc(C(=O)Nc3cccc(C)c3)c2)c(C)c1. The van der Waals surface area contributed by atoms with Crippen LogP contribution in [0.15, 0.2) is 60.9 Å². The van der Waals surface area contributed by atoms with Crippen LogP contribution in [0.3, 0.4) is 0 Å². The minimum atomic E-state index is -0.180. The predicted octanol–water partition coefficient (Wildman–Crippen LogP) is 5.54. The summed E-state index contributed by atoms with van der Waals surface area (Å²) >= 11 is 0. The number of nitrogens with one attached hydrogen (secondary N) is 2. The normalized spacial score (nSPS) is 10.5. The summed E-state index contributed by atoms with van der Waals surface area (Å²) in [6, 6.07) is 15.9. The monoisotopic (exact) mass is 388 g/mol. The zero-order valence-electron chi connectivity index (χ0n) is 17.5. The van der Waals surface area contributed by atoms with E-state index in [1.807, 2.05) is 37.3 Å². The number of amides is 1. The van der Waals surface area contributed by atoms with Crippen LogP contribution in [0.1, 0.15) is 35.3 Å². The van der Waals surface area contributed by atoms with Gasteiger partial charge in [-0.3, -0.25) is 9.78 Å². The van der Waals surface area contributed by atoms with E-state index in [0.717, 1.165) is 41.3 Å². The Balaban J connectivity index is 1.75.